The SMILES string of the molecule is Cc1ccc2cccc([O-])c2n1.Cc1ccc2cccc([O-])c2n1.Cc1ccc2cccc([O-])c2n1.Cc1cccc(C)c1[O-].Cc1cccc(C)c1[O-].Cc1cccc(C)c1[O-].[Al+3].[Al+3]. The second-order valence-electron chi connectivity index (χ2n) is 15.0. The molecule has 3 aromatic heterocycles. The molecule has 9 nitrogen and oxygen atoms in total. The van der Waals surface area contributed by atoms with E-state index in [1.54, 1.807) is 18.2 Å². The minimum Gasteiger partial charge on any atom is -0.872 e. The number of benzene rings is 6. The number of aryl methyl sites for hydroxylation is 9. The molecule has 0 aliphatic rings. The third kappa shape index (κ3) is 16.2. The minimum absolute atomic E-state index is 0. The molecule has 11 heteroatoms. The first-order valence-electron chi connectivity index (χ1n) is 20.3. The van der Waals surface area contributed by atoms with Crippen LogP contribution in [0.25, 0.3) is 32.7 Å². The molecule has 0 aliphatic carbocycles. The Hall–Kier alpha value is -6.59. The Labute approximate surface area is 403 Å². The summed E-state index contributed by atoms with van der Waals surface area (Å²) in [6.45, 7) is 16.6. The molecule has 0 aliphatic heterocycles. The third-order valence-electron chi connectivity index (χ3n) is 9.69. The number of rotatable bonds is 0. The van der Waals surface area contributed by atoms with E-state index < -0.39 is 0 Å². The van der Waals surface area contributed by atoms with Crippen molar-refractivity contribution < 1.29 is 30.6 Å². The fraction of sp³-hybridized carbons (Fsp3) is 0.167. The molecule has 0 N–H and O–H groups in total. The van der Waals surface area contributed by atoms with Crippen molar-refractivity contribution >= 4 is 67.4 Å². The van der Waals surface area contributed by atoms with Crippen molar-refractivity contribution in [1.29, 1.82) is 0 Å². The summed E-state index contributed by atoms with van der Waals surface area (Å²) >= 11 is 0. The van der Waals surface area contributed by atoms with Gasteiger partial charge in [-0.2, -0.15) is 0 Å². The van der Waals surface area contributed by atoms with Gasteiger partial charge in [0.1, 0.15) is 0 Å². The first-order valence-corrected chi connectivity index (χ1v) is 20.3. The van der Waals surface area contributed by atoms with Gasteiger partial charge in [-0.15, -0.1) is 17.2 Å². The smallest absolute Gasteiger partial charge is 0.872 e. The first kappa shape index (κ1) is 54.5. The second kappa shape index (κ2) is 26.3. The van der Waals surface area contributed by atoms with Crippen LogP contribution < -0.4 is 30.6 Å². The molecule has 0 saturated heterocycles. The Kier molecular flexibility index (Phi) is 22.0. The van der Waals surface area contributed by atoms with Crippen molar-refractivity contribution in [3.63, 3.8) is 0 Å². The average Bonchev–Trinajstić information content (AvgIpc) is 3.26. The van der Waals surface area contributed by atoms with Gasteiger partial charge in [0, 0.05) is 17.1 Å². The molecule has 3 heterocycles. The molecule has 0 radical (unpaired) electrons. The quantitative estimate of drug-likeness (QED) is 0.136. The normalized spacial score (nSPS) is 9.74. The van der Waals surface area contributed by atoms with Gasteiger partial charge in [-0.3, -0.25) is 15.0 Å². The number of hydrogen-bond donors (Lipinski definition) is 0. The number of hydrogen-bond acceptors (Lipinski definition) is 9. The van der Waals surface area contributed by atoms with Gasteiger partial charge in [0.25, 0.3) is 0 Å². The van der Waals surface area contributed by atoms with Crippen LogP contribution in [0, 0.1) is 62.3 Å². The van der Waals surface area contributed by atoms with Gasteiger partial charge in [-0.1, -0.05) is 178 Å². The van der Waals surface area contributed by atoms with Gasteiger partial charge in [0.05, 0.1) is 16.6 Å². The molecular weight excluding hydrogens is 841 g/mol. The molecule has 9 aromatic rings. The largest absolute Gasteiger partial charge is 3.00 e. The van der Waals surface area contributed by atoms with E-state index in [0.29, 0.717) is 16.6 Å². The topological polar surface area (TPSA) is 177 Å². The summed E-state index contributed by atoms with van der Waals surface area (Å²) < 4.78 is 0. The van der Waals surface area contributed by atoms with Crippen molar-refractivity contribution in [3.05, 3.63) is 196 Å². The molecule has 6 aromatic carbocycles. The molecule has 0 unspecified atom stereocenters. The van der Waals surface area contributed by atoms with Crippen LogP contribution in [0.4, 0.5) is 0 Å². The number of aromatic nitrogens is 3. The predicted octanol–water partition coefficient (Wildman–Crippen LogP) is 8.22. The zero-order chi connectivity index (χ0) is 46.2. The summed E-state index contributed by atoms with van der Waals surface area (Å²) in [6.07, 6.45) is 0. The maximum atomic E-state index is 11.3. The molecule has 9 rings (SSSR count). The Morgan fingerprint density at radius 1 is 0.262 bits per heavy atom. The zero-order valence-corrected chi connectivity index (χ0v) is 40.6. The number of fused-ring (bicyclic) bond motifs is 3. The van der Waals surface area contributed by atoms with E-state index in [9.17, 15) is 30.6 Å². The van der Waals surface area contributed by atoms with Crippen molar-refractivity contribution in [1.82, 2.24) is 15.0 Å². The van der Waals surface area contributed by atoms with Crippen LogP contribution in [0.3, 0.4) is 0 Å². The van der Waals surface area contributed by atoms with E-state index in [1.807, 2.05) is 172 Å². The summed E-state index contributed by atoms with van der Waals surface area (Å²) in [5.41, 5.74) is 9.31. The Morgan fingerprint density at radius 3 is 0.662 bits per heavy atom. The van der Waals surface area contributed by atoms with Gasteiger partial charge in [0.2, 0.25) is 0 Å². The summed E-state index contributed by atoms with van der Waals surface area (Å²) in [7, 11) is 0. The van der Waals surface area contributed by atoms with Crippen LogP contribution in [0.1, 0.15) is 50.5 Å². The van der Waals surface area contributed by atoms with Crippen LogP contribution in [0.5, 0.6) is 34.5 Å². The average molecular weight is 892 g/mol. The van der Waals surface area contributed by atoms with Gasteiger partial charge in [0.15, 0.2) is 0 Å². The molecule has 324 valence electrons. The predicted molar refractivity (Wildman–Crippen MR) is 255 cm³/mol. The van der Waals surface area contributed by atoms with Crippen LogP contribution >= 0.6 is 0 Å². The fourth-order valence-electron chi connectivity index (χ4n) is 6.05. The Balaban J connectivity index is 0.000000268. The van der Waals surface area contributed by atoms with Crippen LogP contribution in [-0.4, -0.2) is 49.7 Å². The van der Waals surface area contributed by atoms with Crippen LogP contribution in [0.15, 0.2) is 146 Å². The van der Waals surface area contributed by atoms with E-state index >= 15 is 0 Å². The molecule has 0 amide bonds. The number of pyridine rings is 3. The number of nitrogens with zero attached hydrogens (tertiary/aromatic N) is 3. The summed E-state index contributed by atoms with van der Waals surface area (Å²) in [6, 6.07) is 43.7. The molecular formula is C54H51Al2N3O6. The summed E-state index contributed by atoms with van der Waals surface area (Å²) in [5, 5.41) is 69.4. The van der Waals surface area contributed by atoms with Crippen molar-refractivity contribution in [3.8, 4) is 34.5 Å². The fourth-order valence-corrected chi connectivity index (χ4v) is 6.05. The summed E-state index contributed by atoms with van der Waals surface area (Å²) in [4.78, 5) is 12.5. The monoisotopic (exact) mass is 891 g/mol. The van der Waals surface area contributed by atoms with Crippen LogP contribution in [-0.2, 0) is 0 Å². The molecule has 0 saturated carbocycles. The van der Waals surface area contributed by atoms with Crippen molar-refractivity contribution in [2.24, 2.45) is 0 Å². The zero-order valence-electron chi connectivity index (χ0n) is 38.3. The molecule has 0 fully saturated rings. The first-order chi connectivity index (χ1) is 30.0. The molecule has 65 heavy (non-hydrogen) atoms. The van der Waals surface area contributed by atoms with E-state index in [4.69, 9.17) is 0 Å². The van der Waals surface area contributed by atoms with Crippen molar-refractivity contribution in [2.75, 3.05) is 0 Å². The third-order valence-corrected chi connectivity index (χ3v) is 9.69. The minimum atomic E-state index is -0.00352. The Bertz CT molecular complexity index is 2570. The van der Waals surface area contributed by atoms with Gasteiger partial charge < -0.3 is 30.6 Å². The number of para-hydroxylation sites is 6. The van der Waals surface area contributed by atoms with Gasteiger partial charge >= 0.3 is 34.7 Å². The van der Waals surface area contributed by atoms with Crippen molar-refractivity contribution in [2.45, 2.75) is 62.3 Å². The maximum Gasteiger partial charge on any atom is 3.00 e. The van der Waals surface area contributed by atoms with Crippen LogP contribution in [0.2, 0.25) is 0 Å². The maximum absolute atomic E-state index is 11.3. The molecule has 0 atom stereocenters. The Morgan fingerprint density at radius 2 is 0.462 bits per heavy atom. The summed E-state index contributed by atoms with van der Waals surface area (Å²) in [5.74, 6) is 0.483. The van der Waals surface area contributed by atoms with Gasteiger partial charge in [-0.25, -0.2) is 0 Å². The van der Waals surface area contributed by atoms with E-state index in [1.165, 1.54) is 18.2 Å². The van der Waals surface area contributed by atoms with Gasteiger partial charge in [-0.05, 0) is 96.7 Å². The van der Waals surface area contributed by atoms with E-state index in [0.717, 1.165) is 66.6 Å². The van der Waals surface area contributed by atoms with E-state index in [-0.39, 0.29) is 69.2 Å². The standard InChI is InChI=1S/3C10H9NO.3C8H10O.2Al/c3*1-7-5-6-8-3-2-4-9(12)10(8)11-7;3*1-6-4-3-5-7(2)8(6)9;;/h3*2-6,12H,1H3;3*3-5,9H,1-2H3;;/q;;;;;;2*+3/p-6. The second-order valence-corrected chi connectivity index (χ2v) is 15.0. The molecule has 0 spiro atoms. The van der Waals surface area contributed by atoms with E-state index in [2.05, 4.69) is 15.0 Å². The molecule has 0 bridgehead atoms.